The van der Waals surface area contributed by atoms with E-state index >= 15 is 0 Å². The molecule has 0 spiro atoms. The van der Waals surface area contributed by atoms with Gasteiger partial charge < -0.3 is 9.42 Å². The van der Waals surface area contributed by atoms with E-state index in [1.807, 2.05) is 6.92 Å². The first-order valence-electron chi connectivity index (χ1n) is 6.35. The molecule has 20 heavy (non-hydrogen) atoms. The maximum atomic E-state index is 12.0. The lowest BCUT2D eigenvalue weighted by molar-refractivity contribution is 0.219. The van der Waals surface area contributed by atoms with Gasteiger partial charge in [0.25, 0.3) is 0 Å². The number of hydrogen-bond donors (Lipinski definition) is 1. The highest BCUT2D eigenvalue weighted by atomic mass is 32.1. The van der Waals surface area contributed by atoms with Gasteiger partial charge in [0, 0.05) is 19.5 Å². The summed E-state index contributed by atoms with van der Waals surface area (Å²) in [5.41, 5.74) is 0.712. The fourth-order valence-corrected chi connectivity index (χ4v) is 2.44. The third-order valence-electron chi connectivity index (χ3n) is 2.57. The topological polar surface area (TPSA) is 84.2 Å². The van der Waals surface area contributed by atoms with Crippen LogP contribution in [0.1, 0.15) is 29.8 Å². The molecule has 0 saturated carbocycles. The van der Waals surface area contributed by atoms with Crippen molar-refractivity contribution in [2.24, 2.45) is 0 Å². The number of urea groups is 1. The number of nitrogens with one attached hydrogen (secondary N) is 1. The number of amides is 2. The standard InChI is InChI=1S/C12H17N5O2S/c1-4-5-10-14-15-11(20-10)13-12(18)17(3)7-9-6-8(2)19-16-9/h6H,4-5,7H2,1-3H3,(H,13,15,18). The molecular formula is C12H17N5O2S. The van der Waals surface area contributed by atoms with Gasteiger partial charge in [-0.05, 0) is 13.3 Å². The summed E-state index contributed by atoms with van der Waals surface area (Å²) in [4.78, 5) is 13.5. The minimum Gasteiger partial charge on any atom is -0.361 e. The molecule has 0 unspecified atom stereocenters. The van der Waals surface area contributed by atoms with E-state index in [1.54, 1.807) is 13.1 Å². The van der Waals surface area contributed by atoms with Gasteiger partial charge in [0.05, 0.1) is 6.54 Å². The second-order valence-corrected chi connectivity index (χ2v) is 5.53. The van der Waals surface area contributed by atoms with E-state index in [9.17, 15) is 4.79 Å². The van der Waals surface area contributed by atoms with Gasteiger partial charge in [-0.2, -0.15) is 0 Å². The Morgan fingerprint density at radius 3 is 2.95 bits per heavy atom. The Labute approximate surface area is 121 Å². The van der Waals surface area contributed by atoms with E-state index in [4.69, 9.17) is 4.52 Å². The molecule has 2 aromatic rings. The van der Waals surface area contributed by atoms with Gasteiger partial charge in [0.2, 0.25) is 5.13 Å². The van der Waals surface area contributed by atoms with Gasteiger partial charge in [-0.1, -0.05) is 23.4 Å². The number of carbonyl (C=O) groups is 1. The lowest BCUT2D eigenvalue weighted by Gasteiger charge is -2.14. The Kier molecular flexibility index (Phi) is 4.67. The van der Waals surface area contributed by atoms with Crippen LogP contribution in [0.25, 0.3) is 0 Å². The summed E-state index contributed by atoms with van der Waals surface area (Å²) >= 11 is 1.40. The van der Waals surface area contributed by atoms with E-state index < -0.39 is 0 Å². The predicted molar refractivity (Wildman–Crippen MR) is 75.6 cm³/mol. The smallest absolute Gasteiger partial charge is 0.323 e. The van der Waals surface area contributed by atoms with E-state index in [0.29, 0.717) is 17.4 Å². The highest BCUT2D eigenvalue weighted by Crippen LogP contribution is 2.17. The molecule has 8 heteroatoms. The van der Waals surface area contributed by atoms with Crippen molar-refractivity contribution < 1.29 is 9.32 Å². The lowest BCUT2D eigenvalue weighted by atomic mass is 10.3. The largest absolute Gasteiger partial charge is 0.361 e. The zero-order valence-electron chi connectivity index (χ0n) is 11.7. The average molecular weight is 295 g/mol. The number of hydrogen-bond acceptors (Lipinski definition) is 6. The van der Waals surface area contributed by atoms with Crippen LogP contribution >= 0.6 is 11.3 Å². The Hall–Kier alpha value is -1.96. The van der Waals surface area contributed by atoms with Crippen LogP contribution < -0.4 is 5.32 Å². The number of aromatic nitrogens is 3. The molecule has 7 nitrogen and oxygen atoms in total. The Morgan fingerprint density at radius 1 is 1.50 bits per heavy atom. The molecule has 0 atom stereocenters. The number of carbonyl (C=O) groups excluding carboxylic acids is 1. The molecule has 0 bridgehead atoms. The fourth-order valence-electron chi connectivity index (χ4n) is 1.61. The monoisotopic (exact) mass is 295 g/mol. The van der Waals surface area contributed by atoms with Crippen LogP contribution in [0, 0.1) is 6.92 Å². The molecule has 0 aliphatic rings. The Bertz CT molecular complexity index is 580. The van der Waals surface area contributed by atoms with Crippen LogP contribution in [0.3, 0.4) is 0 Å². The van der Waals surface area contributed by atoms with Gasteiger partial charge in [0.1, 0.15) is 16.5 Å². The quantitative estimate of drug-likeness (QED) is 0.916. The van der Waals surface area contributed by atoms with Crippen molar-refractivity contribution in [2.75, 3.05) is 12.4 Å². The average Bonchev–Trinajstić information content (AvgIpc) is 2.99. The van der Waals surface area contributed by atoms with Crippen molar-refractivity contribution in [3.05, 3.63) is 22.5 Å². The van der Waals surface area contributed by atoms with E-state index in [-0.39, 0.29) is 6.03 Å². The van der Waals surface area contributed by atoms with Gasteiger partial charge in [-0.25, -0.2) is 4.79 Å². The number of anilines is 1. The fraction of sp³-hybridized carbons (Fsp3) is 0.500. The van der Waals surface area contributed by atoms with E-state index in [1.165, 1.54) is 16.2 Å². The third-order valence-corrected chi connectivity index (χ3v) is 3.47. The molecule has 2 rings (SSSR count). The summed E-state index contributed by atoms with van der Waals surface area (Å²) in [5, 5.41) is 16.0. The van der Waals surface area contributed by atoms with Crippen LogP contribution in [-0.4, -0.2) is 33.3 Å². The second kappa shape index (κ2) is 6.47. The molecule has 2 amide bonds. The van der Waals surface area contributed by atoms with Crippen LogP contribution in [0.4, 0.5) is 9.93 Å². The van der Waals surface area contributed by atoms with Gasteiger partial charge in [0.15, 0.2) is 0 Å². The zero-order chi connectivity index (χ0) is 14.5. The van der Waals surface area contributed by atoms with Crippen LogP contribution in [0.5, 0.6) is 0 Å². The van der Waals surface area contributed by atoms with Gasteiger partial charge >= 0.3 is 6.03 Å². The molecule has 1 N–H and O–H groups in total. The van der Waals surface area contributed by atoms with Crippen LogP contribution in [0.15, 0.2) is 10.6 Å². The van der Waals surface area contributed by atoms with Crippen molar-refractivity contribution in [1.29, 1.82) is 0 Å². The molecule has 0 aliphatic heterocycles. The van der Waals surface area contributed by atoms with Gasteiger partial charge in [-0.3, -0.25) is 5.32 Å². The maximum absolute atomic E-state index is 12.0. The molecule has 2 aromatic heterocycles. The molecule has 2 heterocycles. The summed E-state index contributed by atoms with van der Waals surface area (Å²) < 4.78 is 4.96. The van der Waals surface area contributed by atoms with Crippen LogP contribution in [0.2, 0.25) is 0 Å². The first-order valence-corrected chi connectivity index (χ1v) is 7.16. The number of rotatable bonds is 5. The number of aryl methyl sites for hydroxylation is 2. The highest BCUT2D eigenvalue weighted by Gasteiger charge is 2.14. The lowest BCUT2D eigenvalue weighted by Crippen LogP contribution is -2.30. The normalized spacial score (nSPS) is 10.6. The van der Waals surface area contributed by atoms with Crippen molar-refractivity contribution in [1.82, 2.24) is 20.3 Å². The summed E-state index contributed by atoms with van der Waals surface area (Å²) in [6, 6.07) is 1.55. The summed E-state index contributed by atoms with van der Waals surface area (Å²) in [6.07, 6.45) is 1.88. The first-order chi connectivity index (χ1) is 9.58. The number of nitrogens with zero attached hydrogens (tertiary/aromatic N) is 4. The summed E-state index contributed by atoms with van der Waals surface area (Å²) in [6.45, 7) is 4.27. The SMILES string of the molecule is CCCc1nnc(NC(=O)N(C)Cc2cc(C)on2)s1. The van der Waals surface area contributed by atoms with Gasteiger partial charge in [-0.15, -0.1) is 10.2 Å². The Morgan fingerprint density at radius 2 is 2.30 bits per heavy atom. The van der Waals surface area contributed by atoms with Crippen LogP contribution in [-0.2, 0) is 13.0 Å². The molecule has 0 aliphatic carbocycles. The Balaban J connectivity index is 1.89. The highest BCUT2D eigenvalue weighted by molar-refractivity contribution is 7.15. The minimum absolute atomic E-state index is 0.246. The third kappa shape index (κ3) is 3.77. The maximum Gasteiger partial charge on any atom is 0.323 e. The zero-order valence-corrected chi connectivity index (χ0v) is 12.5. The van der Waals surface area contributed by atoms with Crippen molar-refractivity contribution in [3.8, 4) is 0 Å². The molecule has 0 saturated heterocycles. The van der Waals surface area contributed by atoms with E-state index in [0.717, 1.165) is 23.6 Å². The molecule has 0 fully saturated rings. The molecule has 0 aromatic carbocycles. The molecule has 0 radical (unpaired) electrons. The molecule has 108 valence electrons. The first kappa shape index (κ1) is 14.4. The van der Waals surface area contributed by atoms with Crippen molar-refractivity contribution in [2.45, 2.75) is 33.2 Å². The predicted octanol–water partition coefficient (Wildman–Crippen LogP) is 2.45. The van der Waals surface area contributed by atoms with E-state index in [2.05, 4.69) is 27.6 Å². The van der Waals surface area contributed by atoms with Crippen molar-refractivity contribution >= 4 is 22.5 Å². The van der Waals surface area contributed by atoms with Crippen molar-refractivity contribution in [3.63, 3.8) is 0 Å². The summed E-state index contributed by atoms with van der Waals surface area (Å²) in [7, 11) is 1.69. The second-order valence-electron chi connectivity index (χ2n) is 4.47. The minimum atomic E-state index is -0.246. The molecular weight excluding hydrogens is 278 g/mol. The summed E-state index contributed by atoms with van der Waals surface area (Å²) in [5.74, 6) is 0.724.